The molecule has 1 heterocycles. The van der Waals surface area contributed by atoms with Crippen LogP contribution in [0.4, 0.5) is 5.69 Å². The van der Waals surface area contributed by atoms with Gasteiger partial charge >= 0.3 is 0 Å². The Kier molecular flexibility index (Phi) is 5.35. The summed E-state index contributed by atoms with van der Waals surface area (Å²) in [4.78, 5) is 0. The van der Waals surface area contributed by atoms with Gasteiger partial charge in [0.05, 0.1) is 18.5 Å². The van der Waals surface area contributed by atoms with Gasteiger partial charge in [-0.15, -0.1) is 0 Å². The fourth-order valence-corrected chi connectivity index (χ4v) is 2.52. The number of thiocarbonyl (C=S) groups is 1. The lowest BCUT2D eigenvalue weighted by Gasteiger charge is -2.18. The van der Waals surface area contributed by atoms with Gasteiger partial charge in [0, 0.05) is 5.56 Å². The summed E-state index contributed by atoms with van der Waals surface area (Å²) in [6.45, 7) is 3.02. The van der Waals surface area contributed by atoms with Crippen LogP contribution in [0.15, 0.2) is 47.6 Å². The standard InChI is InChI=1S/C18H19N3O3S/c1-12(13-7-8-16-17(11-13)24-10-9-23-16)20-21-18(25)19-14-5-3-4-6-15(14)22-2/h3-8,11H,9-10H2,1-2H3,(H2,19,21,25)/b20-12-. The third kappa shape index (κ3) is 4.19. The van der Waals surface area contributed by atoms with Gasteiger partial charge in [-0.05, 0) is 49.5 Å². The Morgan fingerprint density at radius 3 is 2.68 bits per heavy atom. The number of hydrogen-bond donors (Lipinski definition) is 2. The Labute approximate surface area is 151 Å². The highest BCUT2D eigenvalue weighted by molar-refractivity contribution is 7.80. The average Bonchev–Trinajstić information content (AvgIpc) is 2.66. The van der Waals surface area contributed by atoms with Crippen LogP contribution in [0.25, 0.3) is 0 Å². The lowest BCUT2D eigenvalue weighted by atomic mass is 10.1. The summed E-state index contributed by atoms with van der Waals surface area (Å²) in [5.41, 5.74) is 5.32. The van der Waals surface area contributed by atoms with Gasteiger partial charge < -0.3 is 19.5 Å². The van der Waals surface area contributed by atoms with Crippen molar-refractivity contribution in [1.29, 1.82) is 0 Å². The fourth-order valence-electron chi connectivity index (χ4n) is 2.37. The van der Waals surface area contributed by atoms with Crippen molar-refractivity contribution in [2.75, 3.05) is 25.6 Å². The number of fused-ring (bicyclic) bond motifs is 1. The molecule has 0 aliphatic carbocycles. The largest absolute Gasteiger partial charge is 0.495 e. The molecular weight excluding hydrogens is 338 g/mol. The summed E-state index contributed by atoms with van der Waals surface area (Å²) >= 11 is 5.28. The summed E-state index contributed by atoms with van der Waals surface area (Å²) in [5.74, 6) is 2.19. The molecule has 0 saturated heterocycles. The maximum Gasteiger partial charge on any atom is 0.191 e. The number of benzene rings is 2. The highest BCUT2D eigenvalue weighted by Crippen LogP contribution is 2.30. The van der Waals surface area contributed by atoms with E-state index in [0.717, 1.165) is 28.5 Å². The van der Waals surface area contributed by atoms with Gasteiger partial charge in [0.2, 0.25) is 0 Å². The second-order valence-electron chi connectivity index (χ2n) is 5.32. The molecule has 0 fully saturated rings. The molecule has 0 spiro atoms. The average molecular weight is 357 g/mol. The fraction of sp³-hybridized carbons (Fsp3) is 0.222. The summed E-state index contributed by atoms with van der Waals surface area (Å²) in [6, 6.07) is 13.3. The SMILES string of the molecule is COc1ccccc1NC(=S)N/N=C(/C)c1ccc2c(c1)OCCO2. The van der Waals surface area contributed by atoms with Crippen LogP contribution in [-0.2, 0) is 0 Å². The Morgan fingerprint density at radius 2 is 1.88 bits per heavy atom. The van der Waals surface area contributed by atoms with Crippen LogP contribution in [0.2, 0.25) is 0 Å². The third-order valence-corrected chi connectivity index (χ3v) is 3.83. The monoisotopic (exact) mass is 357 g/mol. The van der Waals surface area contributed by atoms with Gasteiger partial charge in [-0.2, -0.15) is 5.10 Å². The molecule has 0 radical (unpaired) electrons. The Hall–Kier alpha value is -2.80. The second-order valence-corrected chi connectivity index (χ2v) is 5.73. The van der Waals surface area contributed by atoms with Gasteiger partial charge in [-0.3, -0.25) is 5.43 Å². The highest BCUT2D eigenvalue weighted by atomic mass is 32.1. The molecule has 0 aromatic heterocycles. The zero-order chi connectivity index (χ0) is 17.6. The van der Waals surface area contributed by atoms with E-state index in [1.54, 1.807) is 7.11 Å². The lowest BCUT2D eigenvalue weighted by molar-refractivity contribution is 0.171. The van der Waals surface area contributed by atoms with Gasteiger partial charge in [0.25, 0.3) is 0 Å². The predicted octanol–water partition coefficient (Wildman–Crippen LogP) is 3.18. The van der Waals surface area contributed by atoms with Crippen LogP contribution in [0.3, 0.4) is 0 Å². The first-order valence-electron chi connectivity index (χ1n) is 7.81. The van der Waals surface area contributed by atoms with Crippen LogP contribution in [0, 0.1) is 0 Å². The quantitative estimate of drug-likeness (QED) is 0.498. The van der Waals surface area contributed by atoms with Crippen LogP contribution in [-0.4, -0.2) is 31.1 Å². The van der Waals surface area contributed by atoms with Crippen LogP contribution in [0.5, 0.6) is 17.2 Å². The number of hydrazone groups is 1. The smallest absolute Gasteiger partial charge is 0.191 e. The van der Waals surface area contributed by atoms with Crippen molar-refractivity contribution in [2.45, 2.75) is 6.92 Å². The van der Waals surface area contributed by atoms with E-state index in [1.165, 1.54) is 0 Å². The second kappa shape index (κ2) is 7.85. The Morgan fingerprint density at radius 1 is 1.12 bits per heavy atom. The zero-order valence-electron chi connectivity index (χ0n) is 14.0. The van der Waals surface area contributed by atoms with Crippen molar-refractivity contribution in [3.05, 3.63) is 48.0 Å². The summed E-state index contributed by atoms with van der Waals surface area (Å²) in [5, 5.41) is 7.76. The molecule has 7 heteroatoms. The first kappa shape index (κ1) is 17.0. The van der Waals surface area contributed by atoms with E-state index in [1.807, 2.05) is 49.4 Å². The van der Waals surface area contributed by atoms with E-state index in [0.29, 0.717) is 24.1 Å². The third-order valence-electron chi connectivity index (χ3n) is 3.64. The Balaban J connectivity index is 1.65. The molecule has 2 aromatic rings. The summed E-state index contributed by atoms with van der Waals surface area (Å²) < 4.78 is 16.4. The molecule has 2 aromatic carbocycles. The van der Waals surface area contributed by atoms with E-state index >= 15 is 0 Å². The molecule has 0 unspecified atom stereocenters. The number of ether oxygens (including phenoxy) is 3. The van der Waals surface area contributed by atoms with Crippen molar-refractivity contribution in [1.82, 2.24) is 5.43 Å². The van der Waals surface area contributed by atoms with Crippen LogP contribution in [0.1, 0.15) is 12.5 Å². The number of nitrogens with zero attached hydrogens (tertiary/aromatic N) is 1. The predicted molar refractivity (Wildman–Crippen MR) is 102 cm³/mol. The van der Waals surface area contributed by atoms with Crippen molar-refractivity contribution in [3.63, 3.8) is 0 Å². The first-order chi connectivity index (χ1) is 12.2. The molecule has 1 aliphatic rings. The topological polar surface area (TPSA) is 64.1 Å². The van der Waals surface area contributed by atoms with E-state index in [9.17, 15) is 0 Å². The molecule has 1 aliphatic heterocycles. The summed E-state index contributed by atoms with van der Waals surface area (Å²) in [7, 11) is 1.61. The molecule has 2 N–H and O–H groups in total. The van der Waals surface area contributed by atoms with Crippen molar-refractivity contribution in [2.24, 2.45) is 5.10 Å². The number of hydrogen-bond acceptors (Lipinski definition) is 5. The zero-order valence-corrected chi connectivity index (χ0v) is 14.9. The van der Waals surface area contributed by atoms with Crippen molar-refractivity contribution >= 4 is 28.7 Å². The van der Waals surface area contributed by atoms with Crippen LogP contribution >= 0.6 is 12.2 Å². The molecule has 6 nitrogen and oxygen atoms in total. The highest BCUT2D eigenvalue weighted by Gasteiger charge is 2.12. The van der Waals surface area contributed by atoms with E-state index < -0.39 is 0 Å². The minimum atomic E-state index is 0.376. The van der Waals surface area contributed by atoms with Gasteiger partial charge in [0.15, 0.2) is 16.6 Å². The minimum absolute atomic E-state index is 0.376. The van der Waals surface area contributed by atoms with Gasteiger partial charge in [-0.1, -0.05) is 12.1 Å². The minimum Gasteiger partial charge on any atom is -0.495 e. The molecule has 3 rings (SSSR count). The lowest BCUT2D eigenvalue weighted by Crippen LogP contribution is -2.25. The van der Waals surface area contributed by atoms with E-state index in [2.05, 4.69) is 15.8 Å². The van der Waals surface area contributed by atoms with Crippen molar-refractivity contribution in [3.8, 4) is 17.2 Å². The number of nitrogens with one attached hydrogen (secondary N) is 2. The maximum atomic E-state index is 5.59. The van der Waals surface area contributed by atoms with Gasteiger partial charge in [0.1, 0.15) is 19.0 Å². The molecule has 0 bridgehead atoms. The number of methoxy groups -OCH3 is 1. The molecule has 0 amide bonds. The number of para-hydroxylation sites is 2. The molecule has 130 valence electrons. The van der Waals surface area contributed by atoms with E-state index in [4.69, 9.17) is 26.4 Å². The molecule has 0 saturated carbocycles. The first-order valence-corrected chi connectivity index (χ1v) is 8.22. The van der Waals surface area contributed by atoms with Gasteiger partial charge in [-0.25, -0.2) is 0 Å². The molecule has 0 atom stereocenters. The van der Waals surface area contributed by atoms with E-state index in [-0.39, 0.29) is 0 Å². The normalized spacial score (nSPS) is 13.1. The molecule has 25 heavy (non-hydrogen) atoms. The number of rotatable bonds is 4. The maximum absolute atomic E-state index is 5.59. The summed E-state index contributed by atoms with van der Waals surface area (Å²) in [6.07, 6.45) is 0. The Bertz CT molecular complexity index is 808. The number of anilines is 1. The van der Waals surface area contributed by atoms with Crippen LogP contribution < -0.4 is 25.0 Å². The van der Waals surface area contributed by atoms with Crippen molar-refractivity contribution < 1.29 is 14.2 Å². The molecular formula is C18H19N3O3S.